The average Bonchev–Trinajstić information content (AvgIpc) is 2.98. The molecule has 0 spiro atoms. The highest BCUT2D eigenvalue weighted by molar-refractivity contribution is 6.10. The van der Waals surface area contributed by atoms with E-state index in [4.69, 9.17) is 4.74 Å². The first-order chi connectivity index (χ1) is 14.7. The Kier molecular flexibility index (Phi) is 5.91. The van der Waals surface area contributed by atoms with E-state index in [9.17, 15) is 24.5 Å². The zero-order valence-corrected chi connectivity index (χ0v) is 17.3. The van der Waals surface area contributed by atoms with Crippen molar-refractivity contribution in [2.45, 2.75) is 25.8 Å². The number of anilines is 1. The smallest absolute Gasteiger partial charge is 0.325 e. The Morgan fingerprint density at radius 2 is 2.00 bits per heavy atom. The van der Waals surface area contributed by atoms with Crippen LogP contribution in [0.5, 0.6) is 5.75 Å². The number of non-ortho nitro benzene ring substituents is 1. The predicted molar refractivity (Wildman–Crippen MR) is 112 cm³/mol. The summed E-state index contributed by atoms with van der Waals surface area (Å²) >= 11 is 0. The number of imide groups is 1. The van der Waals surface area contributed by atoms with Crippen molar-refractivity contribution in [1.82, 2.24) is 10.2 Å². The molecule has 0 saturated carbocycles. The summed E-state index contributed by atoms with van der Waals surface area (Å²) in [6.07, 6.45) is 0.284. The molecule has 1 heterocycles. The normalized spacial score (nSPS) is 18.0. The van der Waals surface area contributed by atoms with Gasteiger partial charge in [-0.05, 0) is 42.7 Å². The Labute approximate surface area is 178 Å². The Hall–Kier alpha value is -3.95. The number of nitro groups is 1. The second kappa shape index (κ2) is 8.42. The molecule has 0 aromatic heterocycles. The monoisotopic (exact) mass is 426 g/mol. The molecule has 1 aliphatic rings. The lowest BCUT2D eigenvalue weighted by molar-refractivity contribution is -0.384. The number of benzene rings is 2. The number of nitro benzene ring substituents is 1. The number of carbonyl (C=O) groups is 3. The second-order valence-corrected chi connectivity index (χ2v) is 7.12. The zero-order valence-electron chi connectivity index (χ0n) is 17.3. The summed E-state index contributed by atoms with van der Waals surface area (Å²) < 4.78 is 5.25. The van der Waals surface area contributed by atoms with Crippen LogP contribution >= 0.6 is 0 Å². The van der Waals surface area contributed by atoms with E-state index in [2.05, 4.69) is 10.6 Å². The van der Waals surface area contributed by atoms with Crippen molar-refractivity contribution in [2.24, 2.45) is 0 Å². The van der Waals surface area contributed by atoms with E-state index in [1.54, 1.807) is 32.2 Å². The number of methoxy groups -OCH3 is 1. The van der Waals surface area contributed by atoms with Crippen molar-refractivity contribution < 1.29 is 24.0 Å². The number of nitrogens with one attached hydrogen (secondary N) is 2. The number of hydrogen-bond donors (Lipinski definition) is 2. The van der Waals surface area contributed by atoms with E-state index < -0.39 is 34.9 Å². The summed E-state index contributed by atoms with van der Waals surface area (Å²) in [5.41, 5.74) is 0.108. The number of hydrogen-bond acceptors (Lipinski definition) is 6. The van der Waals surface area contributed by atoms with Crippen LogP contribution in [-0.2, 0) is 15.1 Å². The van der Waals surface area contributed by atoms with Crippen molar-refractivity contribution in [3.05, 3.63) is 63.7 Å². The van der Waals surface area contributed by atoms with Crippen molar-refractivity contribution in [3.8, 4) is 5.75 Å². The summed E-state index contributed by atoms with van der Waals surface area (Å²) in [7, 11) is 1.54. The van der Waals surface area contributed by atoms with Crippen molar-refractivity contribution >= 4 is 29.2 Å². The number of ether oxygens (including phenoxy) is 1. The quantitative estimate of drug-likeness (QED) is 0.398. The van der Waals surface area contributed by atoms with Crippen LogP contribution in [0.3, 0.4) is 0 Å². The van der Waals surface area contributed by atoms with Crippen LogP contribution in [-0.4, -0.2) is 41.3 Å². The van der Waals surface area contributed by atoms with Crippen molar-refractivity contribution in [2.75, 3.05) is 19.0 Å². The van der Waals surface area contributed by atoms with E-state index in [-0.39, 0.29) is 17.8 Å². The molecule has 0 bridgehead atoms. The van der Waals surface area contributed by atoms with E-state index in [0.29, 0.717) is 11.3 Å². The SMILES string of the molecule is CCC1(c2ccc(OC)c(C)c2)NC(=O)N(CC(=O)Nc2cccc([N+](=O)[O-])c2)C1=O. The van der Waals surface area contributed by atoms with Crippen LogP contribution in [0.15, 0.2) is 42.5 Å². The summed E-state index contributed by atoms with van der Waals surface area (Å²) in [4.78, 5) is 49.4. The predicted octanol–water partition coefficient (Wildman–Crippen LogP) is 2.71. The fourth-order valence-electron chi connectivity index (χ4n) is 3.59. The fraction of sp³-hybridized carbons (Fsp3) is 0.286. The van der Waals surface area contributed by atoms with E-state index in [0.717, 1.165) is 10.5 Å². The van der Waals surface area contributed by atoms with Gasteiger partial charge in [0.2, 0.25) is 5.91 Å². The molecule has 1 saturated heterocycles. The highest BCUT2D eigenvalue weighted by atomic mass is 16.6. The van der Waals surface area contributed by atoms with Gasteiger partial charge in [-0.25, -0.2) is 4.79 Å². The van der Waals surface area contributed by atoms with Crippen LogP contribution in [0, 0.1) is 17.0 Å². The summed E-state index contributed by atoms with van der Waals surface area (Å²) in [5, 5.41) is 16.1. The van der Waals surface area contributed by atoms with E-state index in [1.807, 2.05) is 6.92 Å². The first-order valence-corrected chi connectivity index (χ1v) is 9.55. The molecule has 1 atom stereocenters. The summed E-state index contributed by atoms with van der Waals surface area (Å²) in [6.45, 7) is 3.08. The molecule has 0 radical (unpaired) electrons. The number of urea groups is 1. The third kappa shape index (κ3) is 4.04. The van der Waals surface area contributed by atoms with Gasteiger partial charge in [0.25, 0.3) is 11.6 Å². The Morgan fingerprint density at radius 1 is 1.26 bits per heavy atom. The van der Waals surface area contributed by atoms with Crippen LogP contribution in [0.2, 0.25) is 0 Å². The van der Waals surface area contributed by atoms with Crippen LogP contribution in [0.1, 0.15) is 24.5 Å². The van der Waals surface area contributed by atoms with Gasteiger partial charge in [-0.2, -0.15) is 0 Å². The fourth-order valence-corrected chi connectivity index (χ4v) is 3.59. The molecular weight excluding hydrogens is 404 g/mol. The van der Waals surface area contributed by atoms with Crippen LogP contribution in [0.25, 0.3) is 0 Å². The van der Waals surface area contributed by atoms with Crippen LogP contribution in [0.4, 0.5) is 16.2 Å². The Bertz CT molecular complexity index is 1070. The number of nitrogens with zero attached hydrogens (tertiary/aromatic N) is 2. The lowest BCUT2D eigenvalue weighted by Gasteiger charge is -2.26. The average molecular weight is 426 g/mol. The van der Waals surface area contributed by atoms with Gasteiger partial charge < -0.3 is 15.4 Å². The van der Waals surface area contributed by atoms with Gasteiger partial charge in [-0.15, -0.1) is 0 Å². The molecule has 162 valence electrons. The van der Waals surface area contributed by atoms with Crippen molar-refractivity contribution in [1.29, 1.82) is 0 Å². The highest BCUT2D eigenvalue weighted by Crippen LogP contribution is 2.34. The highest BCUT2D eigenvalue weighted by Gasteiger charge is 2.51. The third-order valence-corrected chi connectivity index (χ3v) is 5.24. The van der Waals surface area contributed by atoms with Gasteiger partial charge in [-0.1, -0.05) is 19.1 Å². The molecule has 10 heteroatoms. The minimum Gasteiger partial charge on any atom is -0.496 e. The van der Waals surface area contributed by atoms with Gasteiger partial charge in [0, 0.05) is 17.8 Å². The van der Waals surface area contributed by atoms with Gasteiger partial charge >= 0.3 is 6.03 Å². The van der Waals surface area contributed by atoms with E-state index in [1.165, 1.54) is 24.3 Å². The number of rotatable bonds is 7. The topological polar surface area (TPSA) is 131 Å². The zero-order chi connectivity index (χ0) is 22.8. The molecule has 1 unspecified atom stereocenters. The molecule has 2 aromatic carbocycles. The first kappa shape index (κ1) is 21.8. The first-order valence-electron chi connectivity index (χ1n) is 9.55. The Balaban J connectivity index is 1.80. The van der Waals surface area contributed by atoms with E-state index >= 15 is 0 Å². The van der Waals surface area contributed by atoms with Gasteiger partial charge in [-0.3, -0.25) is 24.6 Å². The van der Waals surface area contributed by atoms with Gasteiger partial charge in [0.15, 0.2) is 0 Å². The van der Waals surface area contributed by atoms with Crippen molar-refractivity contribution in [3.63, 3.8) is 0 Å². The summed E-state index contributed by atoms with van der Waals surface area (Å²) in [5.74, 6) is -0.541. The molecule has 4 amide bonds. The molecule has 0 aliphatic carbocycles. The molecule has 1 fully saturated rings. The molecule has 3 rings (SSSR count). The second-order valence-electron chi connectivity index (χ2n) is 7.12. The maximum atomic E-state index is 13.2. The summed E-state index contributed by atoms with van der Waals surface area (Å²) in [6, 6.07) is 9.91. The molecule has 2 aromatic rings. The molecule has 10 nitrogen and oxygen atoms in total. The minimum absolute atomic E-state index is 0.187. The molecular formula is C21H22N4O6. The van der Waals surface area contributed by atoms with Gasteiger partial charge in [0.05, 0.1) is 12.0 Å². The number of carbonyl (C=O) groups excluding carboxylic acids is 3. The van der Waals surface area contributed by atoms with Crippen LogP contribution < -0.4 is 15.4 Å². The number of amides is 4. The molecule has 2 N–H and O–H groups in total. The molecule has 1 aliphatic heterocycles. The Morgan fingerprint density at radius 3 is 2.61 bits per heavy atom. The lowest BCUT2D eigenvalue weighted by Crippen LogP contribution is -2.44. The standard InChI is InChI=1S/C21H22N4O6/c1-4-21(14-8-9-17(31-3)13(2)10-14)19(27)24(20(28)23-21)12-18(26)22-15-6-5-7-16(11-15)25(29)30/h5-11H,4,12H2,1-3H3,(H,22,26)(H,23,28). The lowest BCUT2D eigenvalue weighted by atomic mass is 9.86. The minimum atomic E-state index is -1.29. The third-order valence-electron chi connectivity index (χ3n) is 5.24. The maximum Gasteiger partial charge on any atom is 0.325 e. The number of aryl methyl sites for hydroxylation is 1. The maximum absolute atomic E-state index is 13.2. The molecule has 31 heavy (non-hydrogen) atoms. The van der Waals surface area contributed by atoms with Gasteiger partial charge in [0.1, 0.15) is 17.8 Å². The largest absolute Gasteiger partial charge is 0.496 e.